The minimum Gasteiger partial charge on any atom is -0.274 e. The predicted molar refractivity (Wildman–Crippen MR) is 85.0 cm³/mol. The number of aryl methyl sites for hydroxylation is 2. The van der Waals surface area contributed by atoms with Gasteiger partial charge in [0, 0.05) is 10.5 Å². The number of hydrogen-bond donors (Lipinski definition) is 1. The van der Waals surface area contributed by atoms with Gasteiger partial charge in [-0.3, -0.25) is 5.14 Å². The largest absolute Gasteiger partial charge is 0.274 e. The summed E-state index contributed by atoms with van der Waals surface area (Å²) in [6, 6.07) is 16.3. The van der Waals surface area contributed by atoms with E-state index in [1.54, 1.807) is 0 Å². The Morgan fingerprint density at radius 2 is 1.63 bits per heavy atom. The molecule has 0 aliphatic heterocycles. The molecule has 0 saturated carbocycles. The Labute approximate surface area is 120 Å². The Hall–Kier alpha value is -1.69. The molecule has 0 saturated heterocycles. The zero-order valence-corrected chi connectivity index (χ0v) is 12.4. The molecule has 0 fully saturated rings. The fourth-order valence-corrected chi connectivity index (χ4v) is 1.88. The van der Waals surface area contributed by atoms with E-state index in [2.05, 4.69) is 50.0 Å². The molecular weight excluding hydrogens is 250 g/mol. The van der Waals surface area contributed by atoms with E-state index in [1.165, 1.54) is 23.1 Å². The molecule has 19 heavy (non-hydrogen) atoms. The molecule has 0 spiro atoms. The monoisotopic (exact) mass is 269 g/mol. The second-order valence-corrected chi connectivity index (χ2v) is 4.88. The predicted octanol–water partition coefficient (Wildman–Crippen LogP) is 4.33. The maximum Gasteiger partial charge on any atom is 0.0245 e. The number of hydrogen-bond acceptors (Lipinski definition) is 2. The number of rotatable bonds is 1. The van der Waals surface area contributed by atoms with Crippen LogP contribution in [0.2, 0.25) is 0 Å². The first-order chi connectivity index (χ1) is 9.15. The van der Waals surface area contributed by atoms with Crippen molar-refractivity contribution in [3.8, 4) is 11.8 Å². The van der Waals surface area contributed by atoms with Crippen LogP contribution in [0.1, 0.15) is 23.6 Å². The molecule has 0 amide bonds. The van der Waals surface area contributed by atoms with Crippen molar-refractivity contribution in [2.75, 3.05) is 0 Å². The summed E-state index contributed by atoms with van der Waals surface area (Å²) in [7, 11) is 0. The van der Waals surface area contributed by atoms with Gasteiger partial charge in [0.05, 0.1) is 0 Å². The third-order valence-electron chi connectivity index (χ3n) is 2.45. The standard InChI is InChI=1S/C10H10.C7H9NS/c1-3-4-10-7-5-9(2)6-8-10;1-6-3-2-4-7(5-6)9-8/h5-8H,1-2H3;2-5H,8H2,1H3. The van der Waals surface area contributed by atoms with E-state index in [4.69, 9.17) is 5.14 Å². The van der Waals surface area contributed by atoms with Gasteiger partial charge in [-0.1, -0.05) is 35.7 Å². The molecular formula is C17H19NS. The third-order valence-corrected chi connectivity index (χ3v) is 2.97. The molecule has 0 bridgehead atoms. The minimum absolute atomic E-state index is 1.09. The average molecular weight is 269 g/mol. The summed E-state index contributed by atoms with van der Waals surface area (Å²) in [5.41, 5.74) is 3.63. The van der Waals surface area contributed by atoms with E-state index >= 15 is 0 Å². The second kappa shape index (κ2) is 8.42. The van der Waals surface area contributed by atoms with E-state index in [0.717, 1.165) is 10.5 Å². The molecule has 0 heterocycles. The fourth-order valence-electron chi connectivity index (χ4n) is 1.47. The van der Waals surface area contributed by atoms with Crippen LogP contribution in [0.4, 0.5) is 0 Å². The van der Waals surface area contributed by atoms with Crippen molar-refractivity contribution in [1.29, 1.82) is 0 Å². The van der Waals surface area contributed by atoms with Crippen LogP contribution < -0.4 is 5.14 Å². The first-order valence-corrected chi connectivity index (χ1v) is 6.96. The summed E-state index contributed by atoms with van der Waals surface area (Å²) >= 11 is 1.28. The van der Waals surface area contributed by atoms with Gasteiger partial charge in [0.25, 0.3) is 0 Å². The summed E-state index contributed by atoms with van der Waals surface area (Å²) in [5.74, 6) is 5.84. The van der Waals surface area contributed by atoms with Gasteiger partial charge in [0.1, 0.15) is 0 Å². The van der Waals surface area contributed by atoms with Crippen molar-refractivity contribution in [1.82, 2.24) is 0 Å². The Kier molecular flexibility index (Phi) is 6.81. The summed E-state index contributed by atoms with van der Waals surface area (Å²) in [4.78, 5) is 1.12. The van der Waals surface area contributed by atoms with Gasteiger partial charge in [0.2, 0.25) is 0 Å². The lowest BCUT2D eigenvalue weighted by atomic mass is 10.2. The molecule has 0 unspecified atom stereocenters. The van der Waals surface area contributed by atoms with Gasteiger partial charge in [0.15, 0.2) is 0 Å². The molecule has 98 valence electrons. The second-order valence-electron chi connectivity index (χ2n) is 4.18. The highest BCUT2D eigenvalue weighted by Crippen LogP contribution is 2.11. The van der Waals surface area contributed by atoms with E-state index in [1.807, 2.05) is 31.2 Å². The van der Waals surface area contributed by atoms with E-state index < -0.39 is 0 Å². The number of benzene rings is 2. The van der Waals surface area contributed by atoms with Gasteiger partial charge in [-0.05, 0) is 62.5 Å². The Balaban J connectivity index is 0.000000191. The first kappa shape index (κ1) is 15.4. The van der Waals surface area contributed by atoms with Crippen LogP contribution in [0, 0.1) is 25.7 Å². The van der Waals surface area contributed by atoms with Crippen molar-refractivity contribution in [2.45, 2.75) is 25.7 Å². The molecule has 2 N–H and O–H groups in total. The van der Waals surface area contributed by atoms with Crippen molar-refractivity contribution in [3.63, 3.8) is 0 Å². The van der Waals surface area contributed by atoms with Crippen LogP contribution in [-0.4, -0.2) is 0 Å². The molecule has 0 aromatic heterocycles. The third kappa shape index (κ3) is 6.15. The molecule has 0 radical (unpaired) electrons. The highest BCUT2D eigenvalue weighted by Gasteiger charge is 1.87. The smallest absolute Gasteiger partial charge is 0.0245 e. The maximum atomic E-state index is 5.34. The lowest BCUT2D eigenvalue weighted by Gasteiger charge is -1.94. The van der Waals surface area contributed by atoms with Crippen LogP contribution in [0.3, 0.4) is 0 Å². The minimum atomic E-state index is 1.09. The summed E-state index contributed by atoms with van der Waals surface area (Å²) in [6.45, 7) is 5.97. The molecule has 2 rings (SSSR count). The molecule has 2 aromatic rings. The lowest BCUT2D eigenvalue weighted by Crippen LogP contribution is -1.79. The van der Waals surface area contributed by atoms with Crippen molar-refractivity contribution in [3.05, 3.63) is 65.2 Å². The molecule has 1 nitrogen and oxygen atoms in total. The fraction of sp³-hybridized carbons (Fsp3) is 0.176. The Bertz CT molecular complexity index is 562. The molecule has 0 atom stereocenters. The lowest BCUT2D eigenvalue weighted by molar-refractivity contribution is 1.36. The molecule has 0 aliphatic carbocycles. The van der Waals surface area contributed by atoms with Crippen LogP contribution in [0.5, 0.6) is 0 Å². The van der Waals surface area contributed by atoms with Crippen molar-refractivity contribution < 1.29 is 0 Å². The Morgan fingerprint density at radius 3 is 2.11 bits per heavy atom. The molecule has 0 aliphatic rings. The normalized spacial score (nSPS) is 8.84. The molecule has 2 aromatic carbocycles. The van der Waals surface area contributed by atoms with Gasteiger partial charge in [-0.25, -0.2) is 0 Å². The van der Waals surface area contributed by atoms with Crippen LogP contribution >= 0.6 is 11.9 Å². The topological polar surface area (TPSA) is 26.0 Å². The van der Waals surface area contributed by atoms with Gasteiger partial charge in [-0.2, -0.15) is 0 Å². The van der Waals surface area contributed by atoms with E-state index in [0.29, 0.717) is 0 Å². The van der Waals surface area contributed by atoms with Gasteiger partial charge in [-0.15, -0.1) is 5.92 Å². The average Bonchev–Trinajstić information content (AvgIpc) is 2.42. The Morgan fingerprint density at radius 1 is 0.947 bits per heavy atom. The van der Waals surface area contributed by atoms with Gasteiger partial charge >= 0.3 is 0 Å². The van der Waals surface area contributed by atoms with Crippen LogP contribution in [0.15, 0.2) is 53.4 Å². The summed E-state index contributed by atoms with van der Waals surface area (Å²) in [6.07, 6.45) is 0. The van der Waals surface area contributed by atoms with E-state index in [9.17, 15) is 0 Å². The van der Waals surface area contributed by atoms with Crippen molar-refractivity contribution in [2.24, 2.45) is 5.14 Å². The summed E-state index contributed by atoms with van der Waals surface area (Å²) in [5, 5.41) is 5.34. The van der Waals surface area contributed by atoms with Gasteiger partial charge < -0.3 is 0 Å². The van der Waals surface area contributed by atoms with Crippen LogP contribution in [0.25, 0.3) is 0 Å². The van der Waals surface area contributed by atoms with E-state index in [-0.39, 0.29) is 0 Å². The van der Waals surface area contributed by atoms with Crippen molar-refractivity contribution >= 4 is 11.9 Å². The number of nitrogens with two attached hydrogens (primary N) is 1. The zero-order valence-electron chi connectivity index (χ0n) is 11.6. The zero-order chi connectivity index (χ0) is 14.1. The highest BCUT2D eigenvalue weighted by molar-refractivity contribution is 7.97. The quantitative estimate of drug-likeness (QED) is 0.616. The molecule has 2 heteroatoms. The highest BCUT2D eigenvalue weighted by atomic mass is 32.2. The first-order valence-electron chi connectivity index (χ1n) is 6.08. The summed E-state index contributed by atoms with van der Waals surface area (Å²) < 4.78 is 0. The SMILES string of the molecule is CC#Cc1ccc(C)cc1.Cc1cccc(SN)c1. The van der Waals surface area contributed by atoms with Crippen LogP contribution in [-0.2, 0) is 0 Å². The maximum absolute atomic E-state index is 5.34.